The Hall–Kier alpha value is -0.570. The topological polar surface area (TPSA) is 41.1 Å². The van der Waals surface area contributed by atoms with Gasteiger partial charge in [-0.2, -0.15) is 0 Å². The summed E-state index contributed by atoms with van der Waals surface area (Å²) >= 11 is 0. The van der Waals surface area contributed by atoms with Gasteiger partial charge in [0.05, 0.1) is 0 Å². The van der Waals surface area contributed by atoms with Gasteiger partial charge in [-0.25, -0.2) is 0 Å². The van der Waals surface area contributed by atoms with E-state index in [2.05, 4.69) is 17.6 Å². The van der Waals surface area contributed by atoms with E-state index in [0.29, 0.717) is 12.5 Å². The van der Waals surface area contributed by atoms with E-state index in [1.54, 1.807) is 0 Å². The lowest BCUT2D eigenvalue weighted by atomic mass is 9.84. The number of nitrogens with one attached hydrogen (secondary N) is 2. The number of carbonyl (C=O) groups is 1. The average molecular weight is 240 g/mol. The van der Waals surface area contributed by atoms with Crippen LogP contribution in [0.2, 0.25) is 0 Å². The van der Waals surface area contributed by atoms with Gasteiger partial charge < -0.3 is 10.6 Å². The first kappa shape index (κ1) is 14.5. The second-order valence-corrected chi connectivity index (χ2v) is 5.56. The number of amides is 1. The Morgan fingerprint density at radius 3 is 2.76 bits per heavy atom. The van der Waals surface area contributed by atoms with Crippen molar-refractivity contribution in [1.82, 2.24) is 10.6 Å². The van der Waals surface area contributed by atoms with E-state index in [9.17, 15) is 4.79 Å². The zero-order chi connectivity index (χ0) is 12.7. The van der Waals surface area contributed by atoms with Gasteiger partial charge in [-0.15, -0.1) is 0 Å². The first-order valence-corrected chi connectivity index (χ1v) is 7.14. The minimum atomic E-state index is 0.162. The molecular formula is C14H28N2O. The molecule has 1 saturated carbocycles. The normalized spacial score (nSPS) is 24.9. The summed E-state index contributed by atoms with van der Waals surface area (Å²) in [5.41, 5.74) is 0. The minimum absolute atomic E-state index is 0.162. The maximum absolute atomic E-state index is 11.5. The maximum atomic E-state index is 11.5. The molecule has 0 bridgehead atoms. The Morgan fingerprint density at radius 2 is 2.12 bits per heavy atom. The van der Waals surface area contributed by atoms with Gasteiger partial charge >= 0.3 is 0 Å². The number of hydrogen-bond acceptors (Lipinski definition) is 2. The lowest BCUT2D eigenvalue weighted by Crippen LogP contribution is -2.37. The van der Waals surface area contributed by atoms with E-state index in [4.69, 9.17) is 0 Å². The molecule has 1 aliphatic rings. The van der Waals surface area contributed by atoms with Gasteiger partial charge in [0.15, 0.2) is 0 Å². The SMILES string of the molecule is CCC1CCCC(NCCC(=O)NC(C)C)C1. The summed E-state index contributed by atoms with van der Waals surface area (Å²) < 4.78 is 0. The van der Waals surface area contributed by atoms with Crippen molar-refractivity contribution >= 4 is 5.91 Å². The molecule has 0 aromatic rings. The second kappa shape index (κ2) is 7.70. The highest BCUT2D eigenvalue weighted by atomic mass is 16.1. The molecular weight excluding hydrogens is 212 g/mol. The van der Waals surface area contributed by atoms with E-state index in [0.717, 1.165) is 12.5 Å². The summed E-state index contributed by atoms with van der Waals surface area (Å²) in [6, 6.07) is 0.891. The first-order chi connectivity index (χ1) is 8.11. The molecule has 0 radical (unpaired) electrons. The molecule has 0 heterocycles. The van der Waals surface area contributed by atoms with Crippen molar-refractivity contribution in [2.24, 2.45) is 5.92 Å². The molecule has 2 N–H and O–H groups in total. The predicted octanol–water partition coefficient (Wildman–Crippen LogP) is 2.46. The highest BCUT2D eigenvalue weighted by Gasteiger charge is 2.20. The fourth-order valence-electron chi connectivity index (χ4n) is 2.63. The smallest absolute Gasteiger partial charge is 0.221 e. The summed E-state index contributed by atoms with van der Waals surface area (Å²) in [5, 5.41) is 6.45. The molecule has 0 spiro atoms. The van der Waals surface area contributed by atoms with Gasteiger partial charge in [-0.1, -0.05) is 26.2 Å². The third-order valence-electron chi connectivity index (χ3n) is 3.59. The standard InChI is InChI=1S/C14H28N2O/c1-4-12-6-5-7-13(10-12)15-9-8-14(17)16-11(2)3/h11-13,15H,4-10H2,1-3H3,(H,16,17). The van der Waals surface area contributed by atoms with Crippen molar-refractivity contribution in [2.75, 3.05) is 6.54 Å². The molecule has 100 valence electrons. The Bertz CT molecular complexity index is 228. The summed E-state index contributed by atoms with van der Waals surface area (Å²) in [6.45, 7) is 7.10. The minimum Gasteiger partial charge on any atom is -0.354 e. The molecule has 2 atom stereocenters. The second-order valence-electron chi connectivity index (χ2n) is 5.56. The molecule has 0 aromatic carbocycles. The van der Waals surface area contributed by atoms with Crippen molar-refractivity contribution in [2.45, 2.75) is 71.4 Å². The van der Waals surface area contributed by atoms with Crippen molar-refractivity contribution in [3.63, 3.8) is 0 Å². The largest absolute Gasteiger partial charge is 0.354 e. The zero-order valence-corrected chi connectivity index (χ0v) is 11.6. The van der Waals surface area contributed by atoms with E-state index in [1.165, 1.54) is 32.1 Å². The fraction of sp³-hybridized carbons (Fsp3) is 0.929. The van der Waals surface area contributed by atoms with Crippen molar-refractivity contribution in [3.05, 3.63) is 0 Å². The number of hydrogen-bond donors (Lipinski definition) is 2. The molecule has 1 rings (SSSR count). The molecule has 17 heavy (non-hydrogen) atoms. The van der Waals surface area contributed by atoms with Crippen LogP contribution >= 0.6 is 0 Å². The van der Waals surface area contributed by atoms with E-state index in [-0.39, 0.29) is 11.9 Å². The van der Waals surface area contributed by atoms with Crippen LogP contribution in [0.4, 0.5) is 0 Å². The Morgan fingerprint density at radius 1 is 1.35 bits per heavy atom. The molecule has 2 unspecified atom stereocenters. The van der Waals surface area contributed by atoms with E-state index in [1.807, 2.05) is 13.8 Å². The van der Waals surface area contributed by atoms with E-state index >= 15 is 0 Å². The maximum Gasteiger partial charge on any atom is 0.221 e. The Labute approximate surface area is 106 Å². The average Bonchev–Trinajstić information content (AvgIpc) is 2.28. The van der Waals surface area contributed by atoms with Crippen LogP contribution in [-0.2, 0) is 4.79 Å². The van der Waals surface area contributed by atoms with Crippen molar-refractivity contribution < 1.29 is 4.79 Å². The summed E-state index contributed by atoms with van der Waals surface area (Å²) in [7, 11) is 0. The summed E-state index contributed by atoms with van der Waals surface area (Å²) in [4.78, 5) is 11.5. The number of rotatable bonds is 6. The summed E-state index contributed by atoms with van der Waals surface area (Å²) in [6.07, 6.45) is 7.21. The van der Waals surface area contributed by atoms with Crippen LogP contribution in [0.5, 0.6) is 0 Å². The highest BCUT2D eigenvalue weighted by molar-refractivity contribution is 5.76. The third-order valence-corrected chi connectivity index (χ3v) is 3.59. The van der Waals surface area contributed by atoms with Crippen LogP contribution in [0.15, 0.2) is 0 Å². The van der Waals surface area contributed by atoms with Gasteiger partial charge in [0.25, 0.3) is 0 Å². The van der Waals surface area contributed by atoms with E-state index < -0.39 is 0 Å². The first-order valence-electron chi connectivity index (χ1n) is 7.14. The van der Waals surface area contributed by atoms with Crippen LogP contribution in [-0.4, -0.2) is 24.5 Å². The van der Waals surface area contributed by atoms with Gasteiger partial charge in [0.2, 0.25) is 5.91 Å². The van der Waals surface area contributed by atoms with Crippen molar-refractivity contribution in [3.8, 4) is 0 Å². The Kier molecular flexibility index (Phi) is 6.56. The number of carbonyl (C=O) groups excluding carboxylic acids is 1. The lowest BCUT2D eigenvalue weighted by Gasteiger charge is -2.29. The lowest BCUT2D eigenvalue weighted by molar-refractivity contribution is -0.121. The van der Waals surface area contributed by atoms with Gasteiger partial charge in [-0.05, 0) is 32.6 Å². The van der Waals surface area contributed by atoms with Crippen molar-refractivity contribution in [1.29, 1.82) is 0 Å². The molecule has 0 saturated heterocycles. The monoisotopic (exact) mass is 240 g/mol. The molecule has 3 nitrogen and oxygen atoms in total. The van der Waals surface area contributed by atoms with Crippen LogP contribution in [0, 0.1) is 5.92 Å². The van der Waals surface area contributed by atoms with Crippen LogP contribution in [0.25, 0.3) is 0 Å². The Balaban J connectivity index is 2.11. The van der Waals surface area contributed by atoms with Crippen LogP contribution in [0.3, 0.4) is 0 Å². The fourth-order valence-corrected chi connectivity index (χ4v) is 2.63. The van der Waals surface area contributed by atoms with Crippen LogP contribution < -0.4 is 10.6 Å². The molecule has 3 heteroatoms. The van der Waals surface area contributed by atoms with Gasteiger partial charge in [0.1, 0.15) is 0 Å². The molecule has 1 aliphatic carbocycles. The highest BCUT2D eigenvalue weighted by Crippen LogP contribution is 2.26. The zero-order valence-electron chi connectivity index (χ0n) is 11.6. The molecule has 0 aliphatic heterocycles. The molecule has 0 aromatic heterocycles. The quantitative estimate of drug-likeness (QED) is 0.749. The summed E-state index contributed by atoms with van der Waals surface area (Å²) in [5.74, 6) is 1.06. The molecule has 1 fully saturated rings. The third kappa shape index (κ3) is 6.06. The van der Waals surface area contributed by atoms with Crippen LogP contribution in [0.1, 0.15) is 59.3 Å². The van der Waals surface area contributed by atoms with Gasteiger partial charge in [0, 0.05) is 25.0 Å². The van der Waals surface area contributed by atoms with Gasteiger partial charge in [-0.3, -0.25) is 4.79 Å². The predicted molar refractivity (Wildman–Crippen MR) is 71.9 cm³/mol. The molecule has 1 amide bonds.